The van der Waals surface area contributed by atoms with E-state index in [4.69, 9.17) is 5.26 Å². The average molecular weight is 244 g/mol. The topological polar surface area (TPSA) is 78.2 Å². The number of hydrogen-bond acceptors (Lipinski definition) is 4. The first kappa shape index (κ1) is 13.0. The van der Waals surface area contributed by atoms with Crippen LogP contribution in [0.25, 0.3) is 0 Å². The molecule has 1 aliphatic rings. The fourth-order valence-electron chi connectivity index (χ4n) is 1.86. The molecular weight excluding hydrogens is 228 g/mol. The largest absolute Gasteiger partial charge is 0.342 e. The van der Waals surface area contributed by atoms with Crippen molar-refractivity contribution < 1.29 is 13.2 Å². The van der Waals surface area contributed by atoms with Crippen LogP contribution in [0.1, 0.15) is 19.8 Å². The van der Waals surface area contributed by atoms with E-state index in [-0.39, 0.29) is 17.4 Å². The van der Waals surface area contributed by atoms with E-state index < -0.39 is 15.8 Å². The van der Waals surface area contributed by atoms with Gasteiger partial charge in [-0.15, -0.1) is 0 Å². The van der Waals surface area contributed by atoms with Gasteiger partial charge in [-0.3, -0.25) is 4.79 Å². The minimum absolute atomic E-state index is 0.0329. The Labute approximate surface area is 96.0 Å². The smallest absolute Gasteiger partial charge is 0.226 e. The summed E-state index contributed by atoms with van der Waals surface area (Å²) in [5.74, 6) is -0.448. The second-order valence-corrected chi connectivity index (χ2v) is 6.15. The van der Waals surface area contributed by atoms with Crippen LogP contribution < -0.4 is 0 Å². The fourth-order valence-corrected chi connectivity index (χ4v) is 3.59. The minimum Gasteiger partial charge on any atom is -0.342 e. The maximum absolute atomic E-state index is 11.9. The predicted molar refractivity (Wildman–Crippen MR) is 59.2 cm³/mol. The Kier molecular flexibility index (Phi) is 4.30. The summed E-state index contributed by atoms with van der Waals surface area (Å²) in [5.41, 5.74) is 0. The molecule has 1 rings (SSSR count). The molecule has 0 spiro atoms. The monoisotopic (exact) mass is 244 g/mol. The number of hydrogen-bond donors (Lipinski definition) is 0. The van der Waals surface area contributed by atoms with E-state index in [1.807, 2.05) is 13.0 Å². The highest BCUT2D eigenvalue weighted by molar-refractivity contribution is 7.91. The summed E-state index contributed by atoms with van der Waals surface area (Å²) in [4.78, 5) is 13.5. The van der Waals surface area contributed by atoms with E-state index >= 15 is 0 Å². The maximum Gasteiger partial charge on any atom is 0.226 e. The Morgan fingerprint density at radius 2 is 2.25 bits per heavy atom. The van der Waals surface area contributed by atoms with Crippen LogP contribution in [0.3, 0.4) is 0 Å². The molecule has 0 aromatic rings. The lowest BCUT2D eigenvalue weighted by Crippen LogP contribution is -2.37. The molecule has 1 amide bonds. The van der Waals surface area contributed by atoms with Crippen LogP contribution in [0.5, 0.6) is 0 Å². The summed E-state index contributed by atoms with van der Waals surface area (Å²) < 4.78 is 22.5. The lowest BCUT2D eigenvalue weighted by atomic mass is 10.1. The summed E-state index contributed by atoms with van der Waals surface area (Å²) >= 11 is 0. The van der Waals surface area contributed by atoms with Crippen molar-refractivity contribution >= 4 is 15.7 Å². The molecule has 0 N–H and O–H groups in total. The highest BCUT2D eigenvalue weighted by Gasteiger charge is 2.34. The van der Waals surface area contributed by atoms with Crippen molar-refractivity contribution in [1.82, 2.24) is 4.90 Å². The van der Waals surface area contributed by atoms with Crippen molar-refractivity contribution in [2.45, 2.75) is 19.8 Å². The molecule has 1 unspecified atom stereocenters. The molecule has 0 aromatic carbocycles. The van der Waals surface area contributed by atoms with Crippen LogP contribution in [-0.4, -0.2) is 43.8 Å². The van der Waals surface area contributed by atoms with E-state index in [1.54, 1.807) is 4.90 Å². The third kappa shape index (κ3) is 3.20. The van der Waals surface area contributed by atoms with Gasteiger partial charge in [0.2, 0.25) is 5.91 Å². The van der Waals surface area contributed by atoms with Crippen molar-refractivity contribution in [2.75, 3.05) is 24.6 Å². The number of rotatable bonds is 4. The van der Waals surface area contributed by atoms with Gasteiger partial charge in [-0.1, -0.05) is 0 Å². The van der Waals surface area contributed by atoms with Gasteiger partial charge < -0.3 is 4.90 Å². The number of nitriles is 1. The molecule has 16 heavy (non-hydrogen) atoms. The van der Waals surface area contributed by atoms with Gasteiger partial charge in [0.15, 0.2) is 9.84 Å². The molecule has 1 heterocycles. The molecule has 0 aliphatic carbocycles. The molecule has 1 aliphatic heterocycles. The molecule has 0 aromatic heterocycles. The number of carbonyl (C=O) groups is 1. The number of amides is 1. The van der Waals surface area contributed by atoms with Gasteiger partial charge in [-0.2, -0.15) is 5.26 Å². The lowest BCUT2D eigenvalue weighted by molar-refractivity contribution is -0.134. The van der Waals surface area contributed by atoms with Crippen molar-refractivity contribution in [1.29, 1.82) is 5.26 Å². The second-order valence-electron chi connectivity index (χ2n) is 3.93. The van der Waals surface area contributed by atoms with Crippen LogP contribution in [0.15, 0.2) is 0 Å². The summed E-state index contributed by atoms with van der Waals surface area (Å²) in [7, 11) is -3.02. The predicted octanol–water partition coefficient (Wildman–Crippen LogP) is 0.183. The Morgan fingerprint density at radius 3 is 2.69 bits per heavy atom. The van der Waals surface area contributed by atoms with Gasteiger partial charge in [-0.25, -0.2) is 8.42 Å². The minimum atomic E-state index is -3.02. The van der Waals surface area contributed by atoms with Crippen molar-refractivity contribution in [3.05, 3.63) is 0 Å². The molecule has 1 saturated heterocycles. The molecule has 90 valence electrons. The SMILES string of the molecule is CCN(CCC#N)C(=O)C1CCS(=O)(=O)C1. The van der Waals surface area contributed by atoms with Gasteiger partial charge in [-0.05, 0) is 13.3 Å². The number of carbonyl (C=O) groups excluding carboxylic acids is 1. The molecule has 6 heteroatoms. The zero-order valence-electron chi connectivity index (χ0n) is 9.35. The van der Waals surface area contributed by atoms with E-state index in [2.05, 4.69) is 0 Å². The van der Waals surface area contributed by atoms with Crippen molar-refractivity contribution in [3.63, 3.8) is 0 Å². The Balaban J connectivity index is 2.60. The first-order valence-electron chi connectivity index (χ1n) is 5.36. The number of nitrogens with zero attached hydrogens (tertiary/aromatic N) is 2. The zero-order chi connectivity index (χ0) is 12.2. The Hall–Kier alpha value is -1.09. The summed E-state index contributed by atoms with van der Waals surface area (Å²) in [5, 5.41) is 8.46. The first-order valence-corrected chi connectivity index (χ1v) is 7.18. The van der Waals surface area contributed by atoms with Gasteiger partial charge in [0, 0.05) is 13.1 Å². The number of sulfone groups is 1. The lowest BCUT2D eigenvalue weighted by Gasteiger charge is -2.22. The van der Waals surface area contributed by atoms with Gasteiger partial charge >= 0.3 is 0 Å². The van der Waals surface area contributed by atoms with E-state index in [9.17, 15) is 13.2 Å². The van der Waals surface area contributed by atoms with E-state index in [0.29, 0.717) is 25.9 Å². The molecule has 5 nitrogen and oxygen atoms in total. The quantitative estimate of drug-likeness (QED) is 0.707. The average Bonchev–Trinajstić information content (AvgIpc) is 2.59. The van der Waals surface area contributed by atoms with Gasteiger partial charge in [0.25, 0.3) is 0 Å². The third-order valence-electron chi connectivity index (χ3n) is 2.77. The Bertz CT molecular complexity index is 397. The molecule has 1 atom stereocenters. The van der Waals surface area contributed by atoms with Crippen LogP contribution >= 0.6 is 0 Å². The van der Waals surface area contributed by atoms with E-state index in [0.717, 1.165) is 0 Å². The van der Waals surface area contributed by atoms with Crippen molar-refractivity contribution in [2.24, 2.45) is 5.92 Å². The highest BCUT2D eigenvalue weighted by atomic mass is 32.2. The third-order valence-corrected chi connectivity index (χ3v) is 4.54. The fraction of sp³-hybridized carbons (Fsp3) is 0.800. The highest BCUT2D eigenvalue weighted by Crippen LogP contribution is 2.20. The summed E-state index contributed by atoms with van der Waals surface area (Å²) in [6, 6.07) is 1.98. The normalized spacial score (nSPS) is 22.6. The molecule has 1 fully saturated rings. The van der Waals surface area contributed by atoms with Crippen LogP contribution in [0, 0.1) is 17.2 Å². The summed E-state index contributed by atoms with van der Waals surface area (Å²) in [6.45, 7) is 2.75. The van der Waals surface area contributed by atoms with Crippen LogP contribution in [-0.2, 0) is 14.6 Å². The van der Waals surface area contributed by atoms with Gasteiger partial charge in [0.05, 0.1) is 29.9 Å². The van der Waals surface area contributed by atoms with Gasteiger partial charge in [0.1, 0.15) is 0 Å². The first-order chi connectivity index (χ1) is 7.50. The van der Waals surface area contributed by atoms with Crippen molar-refractivity contribution in [3.8, 4) is 6.07 Å². The maximum atomic E-state index is 11.9. The molecular formula is C10H16N2O3S. The molecule has 0 bridgehead atoms. The summed E-state index contributed by atoms with van der Waals surface area (Å²) in [6.07, 6.45) is 0.712. The zero-order valence-corrected chi connectivity index (χ0v) is 10.2. The second kappa shape index (κ2) is 5.30. The van der Waals surface area contributed by atoms with E-state index in [1.165, 1.54) is 0 Å². The van der Waals surface area contributed by atoms with Crippen LogP contribution in [0.4, 0.5) is 0 Å². The molecule has 0 radical (unpaired) electrons. The van der Waals surface area contributed by atoms with Crippen LogP contribution in [0.2, 0.25) is 0 Å². The molecule has 0 saturated carbocycles. The Morgan fingerprint density at radius 1 is 1.56 bits per heavy atom. The standard InChI is InChI=1S/C10H16N2O3S/c1-2-12(6-3-5-11)10(13)9-4-7-16(14,15)8-9/h9H,2-4,6-8H2,1H3.